The third-order valence-corrected chi connectivity index (χ3v) is 7.47. The van der Waals surface area contributed by atoms with Gasteiger partial charge in [-0.05, 0) is 60.8 Å². The van der Waals surface area contributed by atoms with Crippen LogP contribution in [0.5, 0.6) is 0 Å². The number of hydrogen-bond acceptors (Lipinski definition) is 3. The molecule has 3 aliphatic rings. The van der Waals surface area contributed by atoms with Gasteiger partial charge in [-0.25, -0.2) is 0 Å². The molecular formula is C20H30O3. The molecule has 0 amide bonds. The van der Waals surface area contributed by atoms with Crippen molar-refractivity contribution in [3.05, 3.63) is 24.2 Å². The van der Waals surface area contributed by atoms with Crippen LogP contribution < -0.4 is 0 Å². The van der Waals surface area contributed by atoms with Gasteiger partial charge in [-0.15, -0.1) is 0 Å². The van der Waals surface area contributed by atoms with Gasteiger partial charge in [0.1, 0.15) is 0 Å². The summed E-state index contributed by atoms with van der Waals surface area (Å²) in [5, 5.41) is 10.7. The molecule has 0 aromatic carbocycles. The highest BCUT2D eigenvalue weighted by Crippen LogP contribution is 2.66. The Bertz CT molecular complexity index is 557. The topological polar surface area (TPSA) is 45.9 Å². The smallest absolute Gasteiger partial charge is 0.0960 e. The van der Waals surface area contributed by atoms with Gasteiger partial charge in [0.2, 0.25) is 0 Å². The molecule has 5 atom stereocenters. The van der Waals surface area contributed by atoms with E-state index in [-0.39, 0.29) is 11.0 Å². The number of aliphatic hydroxyl groups is 1. The van der Waals surface area contributed by atoms with Crippen LogP contribution >= 0.6 is 0 Å². The molecule has 2 saturated carbocycles. The van der Waals surface area contributed by atoms with E-state index in [1.54, 1.807) is 12.5 Å². The SMILES string of the molecule is CC1(C)CCC[C@@]2(C)[C@H]1CC[C@]1(CO1)[C@@H]2C[C@@H](O)c1ccoc1. The minimum absolute atomic E-state index is 0.0450. The van der Waals surface area contributed by atoms with Crippen LogP contribution in [0.25, 0.3) is 0 Å². The van der Waals surface area contributed by atoms with E-state index < -0.39 is 6.10 Å². The summed E-state index contributed by atoms with van der Waals surface area (Å²) in [4.78, 5) is 0. The van der Waals surface area contributed by atoms with Crippen molar-refractivity contribution in [3.8, 4) is 0 Å². The molecule has 3 fully saturated rings. The average Bonchev–Trinajstić information content (AvgIpc) is 3.03. The van der Waals surface area contributed by atoms with E-state index in [9.17, 15) is 5.11 Å². The molecule has 23 heavy (non-hydrogen) atoms. The summed E-state index contributed by atoms with van der Waals surface area (Å²) in [5.41, 5.74) is 1.63. The molecule has 1 aliphatic heterocycles. The van der Waals surface area contributed by atoms with Gasteiger partial charge in [-0.1, -0.05) is 27.2 Å². The van der Waals surface area contributed by atoms with E-state index in [0.717, 1.165) is 24.5 Å². The van der Waals surface area contributed by atoms with E-state index in [1.807, 2.05) is 6.07 Å². The number of aliphatic hydroxyl groups excluding tert-OH is 1. The number of rotatable bonds is 3. The fourth-order valence-electron chi connectivity index (χ4n) is 6.21. The third kappa shape index (κ3) is 2.39. The molecule has 2 heterocycles. The largest absolute Gasteiger partial charge is 0.472 e. The molecule has 1 N–H and O–H groups in total. The summed E-state index contributed by atoms with van der Waals surface area (Å²) in [6.45, 7) is 8.27. The zero-order valence-corrected chi connectivity index (χ0v) is 14.7. The molecule has 1 aromatic rings. The van der Waals surface area contributed by atoms with E-state index in [1.165, 1.54) is 32.1 Å². The number of furan rings is 1. The Morgan fingerprint density at radius 3 is 2.70 bits per heavy atom. The Hall–Kier alpha value is -0.800. The molecular weight excluding hydrogens is 288 g/mol. The van der Waals surface area contributed by atoms with Crippen molar-refractivity contribution in [2.75, 3.05) is 6.61 Å². The number of epoxide rings is 1. The van der Waals surface area contributed by atoms with Crippen LogP contribution in [-0.2, 0) is 4.74 Å². The summed E-state index contributed by atoms with van der Waals surface area (Å²) < 4.78 is 11.2. The van der Waals surface area contributed by atoms with Crippen molar-refractivity contribution in [1.82, 2.24) is 0 Å². The standard InChI is InChI=1S/C20H30O3/c1-18(2)7-4-8-19(3)16(18)5-9-20(13-23-20)17(19)11-15(21)14-6-10-22-12-14/h6,10,12,15-17,21H,4-5,7-9,11,13H2,1-3H3/t15-,16+,17-,19+,20+/m1/s1. The first-order valence-corrected chi connectivity index (χ1v) is 9.22. The summed E-state index contributed by atoms with van der Waals surface area (Å²) in [5.74, 6) is 1.18. The van der Waals surface area contributed by atoms with Crippen LogP contribution in [0.4, 0.5) is 0 Å². The second kappa shape index (κ2) is 5.10. The van der Waals surface area contributed by atoms with Gasteiger partial charge in [0.15, 0.2) is 0 Å². The van der Waals surface area contributed by atoms with Crippen molar-refractivity contribution in [1.29, 1.82) is 0 Å². The predicted octanol–water partition coefficient (Wildman–Crippen LogP) is 4.71. The van der Waals surface area contributed by atoms with Crippen molar-refractivity contribution < 1.29 is 14.3 Å². The van der Waals surface area contributed by atoms with Crippen LogP contribution in [-0.4, -0.2) is 17.3 Å². The fourth-order valence-corrected chi connectivity index (χ4v) is 6.21. The van der Waals surface area contributed by atoms with Crippen LogP contribution in [0, 0.1) is 22.7 Å². The zero-order chi connectivity index (χ0) is 16.3. The maximum atomic E-state index is 10.7. The van der Waals surface area contributed by atoms with Crippen LogP contribution in [0.15, 0.2) is 23.0 Å². The maximum Gasteiger partial charge on any atom is 0.0960 e. The summed E-state index contributed by atoms with van der Waals surface area (Å²) in [6.07, 6.45) is 10.0. The highest BCUT2D eigenvalue weighted by molar-refractivity contribution is 5.16. The lowest BCUT2D eigenvalue weighted by Gasteiger charge is -2.59. The molecule has 0 unspecified atom stereocenters. The lowest BCUT2D eigenvalue weighted by atomic mass is 9.45. The molecule has 128 valence electrons. The van der Waals surface area contributed by atoms with Gasteiger partial charge in [-0.3, -0.25) is 0 Å². The van der Waals surface area contributed by atoms with Gasteiger partial charge in [-0.2, -0.15) is 0 Å². The Morgan fingerprint density at radius 2 is 2.04 bits per heavy atom. The van der Waals surface area contributed by atoms with Crippen molar-refractivity contribution in [2.24, 2.45) is 22.7 Å². The van der Waals surface area contributed by atoms with Gasteiger partial charge in [0.25, 0.3) is 0 Å². The van der Waals surface area contributed by atoms with E-state index in [4.69, 9.17) is 9.15 Å². The molecule has 1 spiro atoms. The Labute approximate surface area is 139 Å². The highest BCUT2D eigenvalue weighted by atomic mass is 16.6. The van der Waals surface area contributed by atoms with Crippen molar-refractivity contribution in [3.63, 3.8) is 0 Å². The lowest BCUT2D eigenvalue weighted by Crippen LogP contribution is -2.54. The van der Waals surface area contributed by atoms with E-state index >= 15 is 0 Å². The minimum Gasteiger partial charge on any atom is -0.472 e. The van der Waals surface area contributed by atoms with Gasteiger partial charge in [0.05, 0.1) is 30.8 Å². The fraction of sp³-hybridized carbons (Fsp3) is 0.800. The monoisotopic (exact) mass is 318 g/mol. The second-order valence-electron chi connectivity index (χ2n) is 9.15. The first kappa shape index (κ1) is 15.7. The normalized spacial score (nSPS) is 43.1. The van der Waals surface area contributed by atoms with Crippen molar-refractivity contribution >= 4 is 0 Å². The second-order valence-corrected chi connectivity index (χ2v) is 9.15. The third-order valence-electron chi connectivity index (χ3n) is 7.47. The van der Waals surface area contributed by atoms with E-state index in [2.05, 4.69) is 20.8 Å². The first-order valence-electron chi connectivity index (χ1n) is 9.22. The Balaban J connectivity index is 1.64. The summed E-state index contributed by atoms with van der Waals surface area (Å²) >= 11 is 0. The maximum absolute atomic E-state index is 10.7. The molecule has 1 saturated heterocycles. The number of hydrogen-bond donors (Lipinski definition) is 1. The molecule has 3 heteroatoms. The van der Waals surface area contributed by atoms with E-state index in [0.29, 0.717) is 11.3 Å². The van der Waals surface area contributed by atoms with Crippen LogP contribution in [0.1, 0.15) is 71.0 Å². The first-order chi connectivity index (χ1) is 10.9. The Morgan fingerprint density at radius 1 is 1.26 bits per heavy atom. The Kier molecular flexibility index (Phi) is 3.48. The quantitative estimate of drug-likeness (QED) is 0.821. The molecule has 3 nitrogen and oxygen atoms in total. The summed E-state index contributed by atoms with van der Waals surface area (Å²) in [6, 6.07) is 1.89. The van der Waals surface area contributed by atoms with Gasteiger partial charge >= 0.3 is 0 Å². The number of fused-ring (bicyclic) bond motifs is 1. The molecule has 0 radical (unpaired) electrons. The van der Waals surface area contributed by atoms with Gasteiger partial charge in [0, 0.05) is 5.56 Å². The highest BCUT2D eigenvalue weighted by Gasteiger charge is 2.65. The van der Waals surface area contributed by atoms with Crippen LogP contribution in [0.3, 0.4) is 0 Å². The van der Waals surface area contributed by atoms with Crippen molar-refractivity contribution in [2.45, 2.75) is 71.0 Å². The number of ether oxygens (including phenoxy) is 1. The van der Waals surface area contributed by atoms with Crippen LogP contribution in [0.2, 0.25) is 0 Å². The zero-order valence-electron chi connectivity index (χ0n) is 14.7. The summed E-state index contributed by atoms with van der Waals surface area (Å²) in [7, 11) is 0. The molecule has 1 aromatic heterocycles. The molecule has 0 bridgehead atoms. The average molecular weight is 318 g/mol. The van der Waals surface area contributed by atoms with Gasteiger partial charge < -0.3 is 14.3 Å². The molecule has 2 aliphatic carbocycles. The molecule has 4 rings (SSSR count). The lowest BCUT2D eigenvalue weighted by molar-refractivity contribution is -0.117. The minimum atomic E-state index is -0.444. The predicted molar refractivity (Wildman–Crippen MR) is 88.9 cm³/mol.